The lowest BCUT2D eigenvalue weighted by Crippen LogP contribution is -2.40. The number of thiophene rings is 1. The second-order valence-corrected chi connectivity index (χ2v) is 7.74. The summed E-state index contributed by atoms with van der Waals surface area (Å²) in [6.07, 6.45) is 1.20. The average Bonchev–Trinajstić information content (AvgIpc) is 2.89. The molecule has 1 aromatic heterocycles. The highest BCUT2D eigenvalue weighted by Gasteiger charge is 2.06. The Morgan fingerprint density at radius 2 is 2.18 bits per heavy atom. The number of nitrogens with one attached hydrogen (secondary N) is 1. The van der Waals surface area contributed by atoms with Gasteiger partial charge in [-0.15, -0.1) is 24.0 Å². The van der Waals surface area contributed by atoms with E-state index in [1.807, 2.05) is 11.9 Å². The molecular formula is C13H24IN3O3S2. The van der Waals surface area contributed by atoms with E-state index in [1.54, 1.807) is 18.4 Å². The zero-order valence-electron chi connectivity index (χ0n) is 13.1. The minimum absolute atomic E-state index is 0. The van der Waals surface area contributed by atoms with Gasteiger partial charge in [-0.2, -0.15) is 11.3 Å². The second-order valence-electron chi connectivity index (χ2n) is 4.70. The number of halogens is 1. The quantitative estimate of drug-likeness (QED) is 0.275. The number of hydrogen-bond donors (Lipinski definition) is 1. The first kappa shape index (κ1) is 21.6. The standard InChI is InChI=1S/C13H23N3O3S2.HI/c1-14-13(16(2)10-12-4-8-20-11-12)15-5-6-19-7-9-21(3,17)18;/h4,8,11H,5-7,9-10H2,1-3H3,(H,14,15);1H. The normalized spacial score (nSPS) is 11.9. The fourth-order valence-electron chi connectivity index (χ4n) is 1.66. The Morgan fingerprint density at radius 1 is 1.45 bits per heavy atom. The summed E-state index contributed by atoms with van der Waals surface area (Å²) < 4.78 is 27.2. The maximum atomic E-state index is 10.9. The predicted molar refractivity (Wildman–Crippen MR) is 103 cm³/mol. The van der Waals surface area contributed by atoms with E-state index in [0.717, 1.165) is 12.5 Å². The van der Waals surface area contributed by atoms with Crippen molar-refractivity contribution in [3.63, 3.8) is 0 Å². The second kappa shape index (κ2) is 11.2. The lowest BCUT2D eigenvalue weighted by Gasteiger charge is -2.21. The topological polar surface area (TPSA) is 71.0 Å². The Bertz CT molecular complexity index is 533. The van der Waals surface area contributed by atoms with Crippen LogP contribution in [0.15, 0.2) is 21.8 Å². The molecule has 0 atom stereocenters. The lowest BCUT2D eigenvalue weighted by molar-refractivity contribution is 0.153. The van der Waals surface area contributed by atoms with Crippen molar-refractivity contribution in [1.82, 2.24) is 10.2 Å². The molecule has 0 aromatic carbocycles. The van der Waals surface area contributed by atoms with Crippen molar-refractivity contribution < 1.29 is 13.2 Å². The van der Waals surface area contributed by atoms with E-state index >= 15 is 0 Å². The van der Waals surface area contributed by atoms with Gasteiger partial charge in [0.1, 0.15) is 9.84 Å². The van der Waals surface area contributed by atoms with Crippen molar-refractivity contribution in [2.75, 3.05) is 45.9 Å². The van der Waals surface area contributed by atoms with Crippen molar-refractivity contribution in [3.8, 4) is 0 Å². The number of rotatable bonds is 8. The minimum Gasteiger partial charge on any atom is -0.379 e. The molecule has 0 aliphatic rings. The van der Waals surface area contributed by atoms with Crippen molar-refractivity contribution >= 4 is 51.1 Å². The SMILES string of the molecule is CN=C(NCCOCCS(C)(=O)=O)N(C)Cc1ccsc1.I. The molecule has 6 nitrogen and oxygen atoms in total. The van der Waals surface area contributed by atoms with Crippen molar-refractivity contribution in [2.24, 2.45) is 4.99 Å². The van der Waals surface area contributed by atoms with Gasteiger partial charge in [0.2, 0.25) is 0 Å². The first-order valence-corrected chi connectivity index (χ1v) is 9.61. The van der Waals surface area contributed by atoms with E-state index in [-0.39, 0.29) is 36.3 Å². The molecule has 1 heterocycles. The maximum absolute atomic E-state index is 10.9. The van der Waals surface area contributed by atoms with Crippen LogP contribution >= 0.6 is 35.3 Å². The molecule has 9 heteroatoms. The third kappa shape index (κ3) is 9.59. The van der Waals surface area contributed by atoms with Gasteiger partial charge in [0, 0.05) is 33.4 Å². The highest BCUT2D eigenvalue weighted by atomic mass is 127. The Balaban J connectivity index is 0.00000441. The molecule has 0 saturated heterocycles. The summed E-state index contributed by atoms with van der Waals surface area (Å²) in [4.78, 5) is 6.24. The predicted octanol–water partition coefficient (Wildman–Crippen LogP) is 1.43. The van der Waals surface area contributed by atoms with Crippen LogP contribution in [-0.4, -0.2) is 65.1 Å². The molecule has 0 saturated carbocycles. The first-order chi connectivity index (χ1) is 9.92. The van der Waals surface area contributed by atoms with Crippen molar-refractivity contribution in [2.45, 2.75) is 6.54 Å². The Hall–Kier alpha value is -0.390. The molecular weight excluding hydrogens is 437 g/mol. The highest BCUT2D eigenvalue weighted by molar-refractivity contribution is 14.0. The van der Waals surface area contributed by atoms with E-state index in [0.29, 0.717) is 13.2 Å². The van der Waals surface area contributed by atoms with Crippen LogP contribution in [0.25, 0.3) is 0 Å². The molecule has 1 aromatic rings. The molecule has 22 heavy (non-hydrogen) atoms. The Morgan fingerprint density at radius 3 is 2.73 bits per heavy atom. The molecule has 128 valence electrons. The van der Waals surface area contributed by atoms with E-state index < -0.39 is 9.84 Å². The van der Waals surface area contributed by atoms with Gasteiger partial charge in [0.05, 0.1) is 19.0 Å². The zero-order valence-corrected chi connectivity index (χ0v) is 17.1. The number of ether oxygens (including phenoxy) is 1. The molecule has 0 unspecified atom stereocenters. The molecule has 0 radical (unpaired) electrons. The van der Waals surface area contributed by atoms with Crippen LogP contribution in [-0.2, 0) is 21.1 Å². The number of nitrogens with zero attached hydrogens (tertiary/aromatic N) is 2. The summed E-state index contributed by atoms with van der Waals surface area (Å²) in [5.74, 6) is 0.840. The minimum atomic E-state index is -2.95. The summed E-state index contributed by atoms with van der Waals surface area (Å²) in [6.45, 7) is 2.05. The average molecular weight is 461 g/mol. The van der Waals surface area contributed by atoms with Gasteiger partial charge in [-0.3, -0.25) is 4.99 Å². The number of guanidine groups is 1. The third-order valence-electron chi connectivity index (χ3n) is 2.70. The smallest absolute Gasteiger partial charge is 0.193 e. The molecule has 1 rings (SSSR count). The largest absolute Gasteiger partial charge is 0.379 e. The molecule has 0 aliphatic heterocycles. The highest BCUT2D eigenvalue weighted by Crippen LogP contribution is 2.08. The first-order valence-electron chi connectivity index (χ1n) is 6.60. The van der Waals surface area contributed by atoms with E-state index in [1.165, 1.54) is 11.8 Å². The van der Waals surface area contributed by atoms with Crippen LogP contribution in [0.3, 0.4) is 0 Å². The summed E-state index contributed by atoms with van der Waals surface area (Å²) in [7, 11) is 0.752. The van der Waals surface area contributed by atoms with E-state index in [2.05, 4.69) is 27.1 Å². The Kier molecular flexibility index (Phi) is 11.0. The summed E-state index contributed by atoms with van der Waals surface area (Å²) >= 11 is 1.67. The van der Waals surface area contributed by atoms with Crippen LogP contribution in [0.4, 0.5) is 0 Å². The van der Waals surface area contributed by atoms with Gasteiger partial charge in [-0.1, -0.05) is 0 Å². The monoisotopic (exact) mass is 461 g/mol. The molecule has 1 N–H and O–H groups in total. The van der Waals surface area contributed by atoms with Gasteiger partial charge < -0.3 is 15.0 Å². The van der Waals surface area contributed by atoms with Crippen LogP contribution in [0.5, 0.6) is 0 Å². The van der Waals surface area contributed by atoms with Crippen molar-refractivity contribution in [3.05, 3.63) is 22.4 Å². The molecule has 0 spiro atoms. The number of sulfone groups is 1. The van der Waals surface area contributed by atoms with Gasteiger partial charge in [-0.25, -0.2) is 8.42 Å². The molecule has 0 fully saturated rings. The molecule has 0 amide bonds. The third-order valence-corrected chi connectivity index (χ3v) is 4.34. The van der Waals surface area contributed by atoms with Gasteiger partial charge >= 0.3 is 0 Å². The van der Waals surface area contributed by atoms with Gasteiger partial charge in [-0.05, 0) is 22.4 Å². The molecule has 0 aliphatic carbocycles. The van der Waals surface area contributed by atoms with E-state index in [9.17, 15) is 8.42 Å². The fraction of sp³-hybridized carbons (Fsp3) is 0.615. The van der Waals surface area contributed by atoms with Crippen molar-refractivity contribution in [1.29, 1.82) is 0 Å². The maximum Gasteiger partial charge on any atom is 0.193 e. The van der Waals surface area contributed by atoms with E-state index in [4.69, 9.17) is 4.74 Å². The zero-order chi connectivity index (χ0) is 15.7. The molecule has 0 bridgehead atoms. The summed E-state index contributed by atoms with van der Waals surface area (Å²) in [5, 5.41) is 7.34. The van der Waals surface area contributed by atoms with Crippen LogP contribution in [0, 0.1) is 0 Å². The summed E-state index contributed by atoms with van der Waals surface area (Å²) in [6, 6.07) is 2.09. The fourth-order valence-corrected chi connectivity index (χ4v) is 2.74. The number of hydrogen-bond acceptors (Lipinski definition) is 5. The van der Waals surface area contributed by atoms with Crippen LogP contribution < -0.4 is 5.32 Å². The van der Waals surface area contributed by atoms with Crippen LogP contribution in [0.2, 0.25) is 0 Å². The summed E-state index contributed by atoms with van der Waals surface area (Å²) in [5.41, 5.74) is 1.25. The van der Waals surface area contributed by atoms with Crippen LogP contribution in [0.1, 0.15) is 5.56 Å². The van der Waals surface area contributed by atoms with Gasteiger partial charge in [0.25, 0.3) is 0 Å². The number of aliphatic imine (C=N–C) groups is 1. The Labute approximate surface area is 153 Å². The lowest BCUT2D eigenvalue weighted by atomic mass is 10.3. The van der Waals surface area contributed by atoms with Gasteiger partial charge in [0.15, 0.2) is 5.96 Å².